The minimum absolute atomic E-state index is 0.188. The fraction of sp³-hybridized carbons (Fsp3) is 0.370. The summed E-state index contributed by atoms with van der Waals surface area (Å²) < 4.78 is 14.6. The van der Waals surface area contributed by atoms with Gasteiger partial charge in [0.15, 0.2) is 0 Å². The first-order valence-corrected chi connectivity index (χ1v) is 13.6. The van der Waals surface area contributed by atoms with E-state index in [-0.39, 0.29) is 17.4 Å². The molecule has 0 amide bonds. The fourth-order valence-corrected chi connectivity index (χ4v) is 6.20. The number of aromatic amines is 1. The molecule has 0 saturated carbocycles. The van der Waals surface area contributed by atoms with Gasteiger partial charge in [0.05, 0.1) is 10.2 Å². The Kier molecular flexibility index (Phi) is 6.52. The zero-order valence-corrected chi connectivity index (χ0v) is 21.6. The van der Waals surface area contributed by atoms with Crippen LogP contribution in [-0.2, 0) is 0 Å². The molecule has 4 heterocycles. The van der Waals surface area contributed by atoms with Crippen LogP contribution in [0.1, 0.15) is 18.4 Å². The summed E-state index contributed by atoms with van der Waals surface area (Å²) in [5.41, 5.74) is 3.15. The highest BCUT2D eigenvalue weighted by Gasteiger charge is 2.25. The minimum atomic E-state index is -0.219. The molecule has 2 aromatic carbocycles. The van der Waals surface area contributed by atoms with E-state index >= 15 is 0 Å². The summed E-state index contributed by atoms with van der Waals surface area (Å²) in [6.45, 7) is 6.68. The largest absolute Gasteiger partial charge is 0.368 e. The fourth-order valence-electron chi connectivity index (χ4n) is 5.19. The number of rotatable bonds is 5. The van der Waals surface area contributed by atoms with Crippen LogP contribution < -0.4 is 26.0 Å². The van der Waals surface area contributed by atoms with Gasteiger partial charge in [-0.05, 0) is 62.2 Å². The van der Waals surface area contributed by atoms with Crippen LogP contribution in [0.15, 0.2) is 47.3 Å². The molecule has 0 bridgehead atoms. The van der Waals surface area contributed by atoms with E-state index in [2.05, 4.69) is 25.4 Å². The third kappa shape index (κ3) is 4.91. The Morgan fingerprint density at radius 2 is 1.89 bits per heavy atom. The number of aryl methyl sites for hydroxylation is 1. The van der Waals surface area contributed by atoms with Crippen LogP contribution in [0.4, 0.5) is 21.8 Å². The average molecular weight is 520 g/mol. The molecule has 8 nitrogen and oxygen atoms in total. The minimum Gasteiger partial charge on any atom is -0.368 e. The number of fused-ring (bicyclic) bond motifs is 1. The van der Waals surface area contributed by atoms with E-state index in [1.54, 1.807) is 6.07 Å². The molecule has 1 atom stereocenters. The monoisotopic (exact) mass is 519 g/mol. The number of hydrogen-bond acceptors (Lipinski definition) is 8. The van der Waals surface area contributed by atoms with Crippen LogP contribution in [0.3, 0.4) is 0 Å². The average Bonchev–Trinajstić information content (AvgIpc) is 3.33. The quantitative estimate of drug-likeness (QED) is 0.368. The van der Waals surface area contributed by atoms with Crippen LogP contribution in [0.25, 0.3) is 20.8 Å². The SMILES string of the molecule is Cc1cc(F)ccc1N1CCN(c2nc(N[C@@H]3CCCNC3)c(-c3nc4ccccc4s3)c(=O)[nH]2)CC1. The number of piperidine rings is 1. The number of para-hydroxylation sites is 1. The first kappa shape index (κ1) is 23.9. The number of piperazine rings is 1. The number of aromatic nitrogens is 3. The summed E-state index contributed by atoms with van der Waals surface area (Å²) >= 11 is 1.51. The maximum Gasteiger partial charge on any atom is 0.264 e. The highest BCUT2D eigenvalue weighted by molar-refractivity contribution is 7.21. The maximum atomic E-state index is 13.6. The molecule has 2 saturated heterocycles. The van der Waals surface area contributed by atoms with Crippen LogP contribution in [0.2, 0.25) is 0 Å². The molecule has 192 valence electrons. The Morgan fingerprint density at radius 1 is 1.08 bits per heavy atom. The summed E-state index contributed by atoms with van der Waals surface area (Å²) in [4.78, 5) is 30.6. The lowest BCUT2D eigenvalue weighted by Crippen LogP contribution is -2.48. The topological polar surface area (TPSA) is 89.2 Å². The second-order valence-electron chi connectivity index (χ2n) is 9.69. The predicted octanol–water partition coefficient (Wildman–Crippen LogP) is 3.98. The predicted molar refractivity (Wildman–Crippen MR) is 149 cm³/mol. The van der Waals surface area contributed by atoms with Gasteiger partial charge >= 0.3 is 0 Å². The summed E-state index contributed by atoms with van der Waals surface area (Å²) in [6.07, 6.45) is 2.10. The van der Waals surface area contributed by atoms with Gasteiger partial charge in [-0.3, -0.25) is 9.78 Å². The van der Waals surface area contributed by atoms with Crippen LogP contribution in [-0.4, -0.2) is 60.3 Å². The molecule has 10 heteroatoms. The molecular formula is C27H30FN7OS. The van der Waals surface area contributed by atoms with Gasteiger partial charge in [-0.2, -0.15) is 4.98 Å². The van der Waals surface area contributed by atoms with E-state index in [9.17, 15) is 9.18 Å². The molecule has 0 radical (unpaired) electrons. The van der Waals surface area contributed by atoms with E-state index in [1.807, 2.05) is 37.3 Å². The molecule has 4 aromatic rings. The van der Waals surface area contributed by atoms with E-state index in [4.69, 9.17) is 9.97 Å². The second-order valence-corrected chi connectivity index (χ2v) is 10.7. The van der Waals surface area contributed by atoms with E-state index < -0.39 is 0 Å². The molecule has 2 aliphatic rings. The van der Waals surface area contributed by atoms with Gasteiger partial charge in [-0.1, -0.05) is 12.1 Å². The van der Waals surface area contributed by atoms with Crippen molar-refractivity contribution < 1.29 is 4.39 Å². The van der Waals surface area contributed by atoms with E-state index in [1.165, 1.54) is 17.4 Å². The Labute approximate surface area is 218 Å². The number of H-pyrrole nitrogens is 1. The third-order valence-corrected chi connectivity index (χ3v) is 8.19. The van der Waals surface area contributed by atoms with Crippen molar-refractivity contribution in [2.45, 2.75) is 25.8 Å². The number of nitrogens with one attached hydrogen (secondary N) is 3. The molecule has 2 aromatic heterocycles. The zero-order valence-electron chi connectivity index (χ0n) is 20.8. The van der Waals surface area contributed by atoms with Crippen molar-refractivity contribution in [3.8, 4) is 10.6 Å². The molecular weight excluding hydrogens is 489 g/mol. The highest BCUT2D eigenvalue weighted by Crippen LogP contribution is 2.33. The standard InChI is InChI=1S/C27H30FN7OS/c1-17-15-18(28)8-9-21(17)34-11-13-35(14-12-34)27-32-24(30-19-5-4-10-29-16-19)23(25(36)33-27)26-31-20-6-2-3-7-22(20)37-26/h2-3,6-9,15,19,29H,4-5,10-14,16H2,1H3,(H2,30,32,33,36)/t19-/m1/s1. The van der Waals surface area contributed by atoms with Crippen molar-refractivity contribution in [1.82, 2.24) is 20.3 Å². The number of halogens is 1. The zero-order chi connectivity index (χ0) is 25.4. The molecule has 37 heavy (non-hydrogen) atoms. The van der Waals surface area contributed by atoms with Crippen molar-refractivity contribution in [2.24, 2.45) is 0 Å². The number of anilines is 3. The van der Waals surface area contributed by atoms with Gasteiger partial charge in [0.2, 0.25) is 5.95 Å². The Balaban J connectivity index is 1.30. The van der Waals surface area contributed by atoms with Gasteiger partial charge in [0.1, 0.15) is 22.2 Å². The molecule has 6 rings (SSSR count). The number of thiazole rings is 1. The summed E-state index contributed by atoms with van der Waals surface area (Å²) in [5.74, 6) is 0.933. The highest BCUT2D eigenvalue weighted by atomic mass is 32.1. The third-order valence-electron chi connectivity index (χ3n) is 7.13. The molecule has 0 aliphatic carbocycles. The normalized spacial score (nSPS) is 18.4. The first-order chi connectivity index (χ1) is 18.0. The lowest BCUT2D eigenvalue weighted by molar-refractivity contribution is 0.479. The molecule has 3 N–H and O–H groups in total. The summed E-state index contributed by atoms with van der Waals surface area (Å²) in [6, 6.07) is 13.0. The van der Waals surface area contributed by atoms with E-state index in [0.29, 0.717) is 35.4 Å². The molecule has 2 fully saturated rings. The number of nitrogens with zero attached hydrogens (tertiary/aromatic N) is 4. The van der Waals surface area contributed by atoms with Crippen LogP contribution in [0.5, 0.6) is 0 Å². The van der Waals surface area contributed by atoms with Crippen LogP contribution in [0, 0.1) is 12.7 Å². The Hall–Kier alpha value is -3.50. The van der Waals surface area contributed by atoms with Gasteiger partial charge in [-0.25, -0.2) is 9.37 Å². The molecule has 0 unspecified atom stereocenters. The van der Waals surface area contributed by atoms with E-state index in [0.717, 1.165) is 60.5 Å². The van der Waals surface area contributed by atoms with Gasteiger partial charge in [-0.15, -0.1) is 11.3 Å². The second kappa shape index (κ2) is 10.1. The van der Waals surface area contributed by atoms with Gasteiger partial charge in [0.25, 0.3) is 5.56 Å². The summed E-state index contributed by atoms with van der Waals surface area (Å²) in [7, 11) is 0. The van der Waals surface area contributed by atoms with Crippen molar-refractivity contribution in [3.05, 3.63) is 64.2 Å². The Morgan fingerprint density at radius 3 is 2.65 bits per heavy atom. The summed E-state index contributed by atoms with van der Waals surface area (Å²) in [5, 5.41) is 7.66. The van der Waals surface area contributed by atoms with Crippen LogP contribution >= 0.6 is 11.3 Å². The lowest BCUT2D eigenvalue weighted by atomic mass is 10.1. The number of hydrogen-bond donors (Lipinski definition) is 3. The molecule has 0 spiro atoms. The molecule has 2 aliphatic heterocycles. The van der Waals surface area contributed by atoms with Gasteiger partial charge < -0.3 is 20.4 Å². The maximum absolute atomic E-state index is 13.6. The van der Waals surface area contributed by atoms with Crippen molar-refractivity contribution >= 4 is 39.0 Å². The van der Waals surface area contributed by atoms with Crippen molar-refractivity contribution in [3.63, 3.8) is 0 Å². The first-order valence-electron chi connectivity index (χ1n) is 12.8. The number of benzene rings is 2. The smallest absolute Gasteiger partial charge is 0.264 e. The lowest BCUT2D eigenvalue weighted by Gasteiger charge is -2.37. The Bertz CT molecular complexity index is 1440. The van der Waals surface area contributed by atoms with Crippen molar-refractivity contribution in [1.29, 1.82) is 0 Å². The van der Waals surface area contributed by atoms with Gasteiger partial charge in [0, 0.05) is 44.5 Å². The van der Waals surface area contributed by atoms with Crippen molar-refractivity contribution in [2.75, 3.05) is 54.4 Å².